The van der Waals surface area contributed by atoms with Crippen molar-refractivity contribution in [1.29, 1.82) is 0 Å². The van der Waals surface area contributed by atoms with Crippen molar-refractivity contribution in [1.82, 2.24) is 19.1 Å². The molecule has 1 amide bonds. The Hall–Kier alpha value is -2.89. The molecule has 1 fully saturated rings. The number of halogens is 1. The second-order valence-corrected chi connectivity index (χ2v) is 10.7. The summed E-state index contributed by atoms with van der Waals surface area (Å²) in [7, 11) is -4.07. The van der Waals surface area contributed by atoms with E-state index in [1.165, 1.54) is 10.4 Å². The molecule has 0 atom stereocenters. The molecular formula is C23H28FN5O4S. The summed E-state index contributed by atoms with van der Waals surface area (Å²) in [6, 6.07) is 5.29. The van der Waals surface area contributed by atoms with Gasteiger partial charge in [-0.05, 0) is 44.0 Å². The van der Waals surface area contributed by atoms with Gasteiger partial charge < -0.3 is 10.1 Å². The molecule has 1 aliphatic rings. The number of carbonyl (C=O) groups excluding carboxylic acids is 1. The molecule has 0 saturated carbocycles. The van der Waals surface area contributed by atoms with Crippen LogP contribution >= 0.6 is 0 Å². The Morgan fingerprint density at radius 1 is 1.15 bits per heavy atom. The van der Waals surface area contributed by atoms with Crippen LogP contribution in [-0.2, 0) is 14.8 Å². The van der Waals surface area contributed by atoms with Crippen molar-refractivity contribution in [2.45, 2.75) is 44.6 Å². The Morgan fingerprint density at radius 3 is 2.50 bits per heavy atom. The highest BCUT2D eigenvalue weighted by molar-refractivity contribution is 7.89. The lowest BCUT2D eigenvalue weighted by molar-refractivity contribution is 0.0729. The van der Waals surface area contributed by atoms with E-state index in [4.69, 9.17) is 9.72 Å². The van der Waals surface area contributed by atoms with Gasteiger partial charge in [-0.25, -0.2) is 22.5 Å². The van der Waals surface area contributed by atoms with Crippen LogP contribution in [0.3, 0.4) is 0 Å². The van der Waals surface area contributed by atoms with Crippen molar-refractivity contribution in [3.63, 3.8) is 0 Å². The minimum atomic E-state index is -4.07. The highest BCUT2D eigenvalue weighted by Gasteiger charge is 2.29. The lowest BCUT2D eigenvalue weighted by Gasteiger charge is -2.26. The van der Waals surface area contributed by atoms with Crippen molar-refractivity contribution in [2.24, 2.45) is 0 Å². The van der Waals surface area contributed by atoms with E-state index < -0.39 is 26.6 Å². The summed E-state index contributed by atoms with van der Waals surface area (Å²) in [5.41, 5.74) is 1.86. The van der Waals surface area contributed by atoms with E-state index in [0.29, 0.717) is 16.6 Å². The van der Waals surface area contributed by atoms with Gasteiger partial charge in [-0.15, -0.1) is 0 Å². The van der Waals surface area contributed by atoms with Crippen LogP contribution in [0.2, 0.25) is 0 Å². The summed E-state index contributed by atoms with van der Waals surface area (Å²) in [4.78, 5) is 17.5. The van der Waals surface area contributed by atoms with Crippen LogP contribution in [0.25, 0.3) is 11.0 Å². The molecule has 9 nitrogen and oxygen atoms in total. The molecule has 1 saturated heterocycles. The van der Waals surface area contributed by atoms with E-state index >= 15 is 0 Å². The van der Waals surface area contributed by atoms with Gasteiger partial charge in [0, 0.05) is 30.5 Å². The van der Waals surface area contributed by atoms with E-state index in [1.807, 2.05) is 27.7 Å². The zero-order valence-corrected chi connectivity index (χ0v) is 20.4. The van der Waals surface area contributed by atoms with Gasteiger partial charge in [-0.3, -0.25) is 4.79 Å². The van der Waals surface area contributed by atoms with Gasteiger partial charge in [0.05, 0.1) is 30.4 Å². The zero-order valence-electron chi connectivity index (χ0n) is 19.6. The predicted octanol–water partition coefficient (Wildman–Crippen LogP) is 3.55. The van der Waals surface area contributed by atoms with Crippen LogP contribution in [0.5, 0.6) is 0 Å². The zero-order chi connectivity index (χ0) is 24.6. The smallest absolute Gasteiger partial charge is 0.256 e. The minimum Gasteiger partial charge on any atom is -0.379 e. The molecule has 0 aliphatic carbocycles. The summed E-state index contributed by atoms with van der Waals surface area (Å²) in [5, 5.41) is 7.69. The normalized spacial score (nSPS) is 15.4. The third kappa shape index (κ3) is 4.55. The number of nitrogens with zero attached hydrogens (tertiary/aromatic N) is 4. The minimum absolute atomic E-state index is 0.0494. The number of fused-ring (bicyclic) bond motifs is 1. The first-order chi connectivity index (χ1) is 16.1. The largest absolute Gasteiger partial charge is 0.379 e. The first-order valence-corrected chi connectivity index (χ1v) is 12.6. The van der Waals surface area contributed by atoms with Gasteiger partial charge in [0.25, 0.3) is 5.91 Å². The molecule has 1 aromatic carbocycles. The molecule has 0 bridgehead atoms. The van der Waals surface area contributed by atoms with Crippen LogP contribution in [0, 0.1) is 5.82 Å². The van der Waals surface area contributed by atoms with Crippen LogP contribution < -0.4 is 5.32 Å². The van der Waals surface area contributed by atoms with Crippen molar-refractivity contribution in [2.75, 3.05) is 31.6 Å². The Morgan fingerprint density at radius 2 is 1.85 bits per heavy atom. The number of benzene rings is 1. The number of anilines is 1. The maximum Gasteiger partial charge on any atom is 0.256 e. The molecule has 1 aliphatic heterocycles. The van der Waals surface area contributed by atoms with E-state index in [0.717, 1.165) is 17.8 Å². The van der Waals surface area contributed by atoms with Gasteiger partial charge in [0.2, 0.25) is 10.0 Å². The average Bonchev–Trinajstić information content (AvgIpc) is 3.24. The molecule has 4 rings (SSSR count). The number of aromatic nitrogens is 3. The third-order valence-corrected chi connectivity index (χ3v) is 7.60. The lowest BCUT2D eigenvalue weighted by Crippen LogP contribution is -2.40. The number of amides is 1. The number of hydrogen-bond acceptors (Lipinski definition) is 6. The topological polar surface area (TPSA) is 106 Å². The summed E-state index contributed by atoms with van der Waals surface area (Å²) in [6.45, 7) is 8.70. The highest BCUT2D eigenvalue weighted by atomic mass is 32.2. The first kappa shape index (κ1) is 24.2. The summed E-state index contributed by atoms with van der Waals surface area (Å²) < 4.78 is 48.6. The quantitative estimate of drug-likeness (QED) is 0.568. The molecule has 1 N–H and O–H groups in total. The number of pyridine rings is 1. The Bertz CT molecular complexity index is 1330. The molecule has 3 aromatic rings. The molecular weight excluding hydrogens is 461 g/mol. The van der Waals surface area contributed by atoms with Gasteiger partial charge in [-0.1, -0.05) is 13.8 Å². The van der Waals surface area contributed by atoms with Gasteiger partial charge in [-0.2, -0.15) is 9.40 Å². The third-order valence-electron chi connectivity index (χ3n) is 5.69. The van der Waals surface area contributed by atoms with Gasteiger partial charge in [0.15, 0.2) is 5.65 Å². The average molecular weight is 490 g/mol. The van der Waals surface area contributed by atoms with E-state index in [-0.39, 0.29) is 44.0 Å². The van der Waals surface area contributed by atoms with Gasteiger partial charge in [0.1, 0.15) is 10.7 Å². The molecule has 0 radical (unpaired) electrons. The standard InChI is InChI=1S/C23H28FN5O4S/c1-14(2)20-12-17(18-13-25-29(15(3)4)22(18)27-20)23(30)26-16-5-6-19(24)21(11-16)34(31,32)28-7-9-33-10-8-28/h5-6,11-15H,7-10H2,1-4H3,(H,26,30). The van der Waals surface area contributed by atoms with Crippen LogP contribution in [0.15, 0.2) is 35.4 Å². The number of rotatable bonds is 6. The molecule has 0 unspecified atom stereocenters. The number of ether oxygens (including phenoxy) is 1. The van der Waals surface area contributed by atoms with Crippen molar-refractivity contribution in [3.05, 3.63) is 47.5 Å². The number of morpholine rings is 1. The van der Waals surface area contributed by atoms with Gasteiger partial charge >= 0.3 is 0 Å². The van der Waals surface area contributed by atoms with Crippen LogP contribution in [0.4, 0.5) is 10.1 Å². The molecule has 2 aromatic heterocycles. The van der Waals surface area contributed by atoms with Crippen molar-refractivity contribution >= 4 is 32.7 Å². The van der Waals surface area contributed by atoms with E-state index in [1.54, 1.807) is 16.9 Å². The number of nitrogens with one attached hydrogen (secondary N) is 1. The van der Waals surface area contributed by atoms with Crippen molar-refractivity contribution in [3.8, 4) is 0 Å². The maximum atomic E-state index is 14.5. The Kier molecular flexibility index (Phi) is 6.70. The summed E-state index contributed by atoms with van der Waals surface area (Å²) in [5.74, 6) is -1.27. The first-order valence-electron chi connectivity index (χ1n) is 11.2. The second kappa shape index (κ2) is 9.40. The Labute approximate surface area is 198 Å². The molecule has 11 heteroatoms. The number of sulfonamides is 1. The highest BCUT2D eigenvalue weighted by Crippen LogP contribution is 2.27. The van der Waals surface area contributed by atoms with Crippen LogP contribution in [0.1, 0.15) is 55.7 Å². The molecule has 182 valence electrons. The Balaban J connectivity index is 1.70. The predicted molar refractivity (Wildman–Crippen MR) is 126 cm³/mol. The van der Waals surface area contributed by atoms with E-state index in [2.05, 4.69) is 10.4 Å². The summed E-state index contributed by atoms with van der Waals surface area (Å²) in [6.07, 6.45) is 1.60. The van der Waals surface area contributed by atoms with E-state index in [9.17, 15) is 17.6 Å². The number of hydrogen-bond donors (Lipinski definition) is 1. The SMILES string of the molecule is CC(C)c1cc(C(=O)Nc2ccc(F)c(S(=O)(=O)N3CCOCC3)c2)c2cnn(C(C)C)c2n1. The molecule has 0 spiro atoms. The second-order valence-electron chi connectivity index (χ2n) is 8.79. The maximum absolute atomic E-state index is 14.5. The molecule has 34 heavy (non-hydrogen) atoms. The lowest BCUT2D eigenvalue weighted by atomic mass is 10.0. The number of carbonyl (C=O) groups is 1. The van der Waals surface area contributed by atoms with Crippen molar-refractivity contribution < 1.29 is 22.3 Å². The molecule has 3 heterocycles. The fourth-order valence-electron chi connectivity index (χ4n) is 3.80. The summed E-state index contributed by atoms with van der Waals surface area (Å²) >= 11 is 0. The monoisotopic (exact) mass is 489 g/mol. The fraction of sp³-hybridized carbons (Fsp3) is 0.435. The fourth-order valence-corrected chi connectivity index (χ4v) is 5.30. The van der Waals surface area contributed by atoms with Crippen LogP contribution in [-0.4, -0.2) is 59.7 Å².